The number of nitrogens with two attached hydrogens (primary N) is 1. The van der Waals surface area contributed by atoms with Crippen LogP contribution in [0.25, 0.3) is 11.1 Å². The predicted octanol–water partition coefficient (Wildman–Crippen LogP) is 3.68. The normalized spacial score (nSPS) is 15.4. The third kappa shape index (κ3) is 5.10. The van der Waals surface area contributed by atoms with Crippen molar-refractivity contribution in [3.8, 4) is 28.7 Å². The Kier molecular flexibility index (Phi) is 6.51. The highest BCUT2D eigenvalue weighted by Crippen LogP contribution is 2.35. The van der Waals surface area contributed by atoms with Gasteiger partial charge >= 0.3 is 0 Å². The zero-order valence-corrected chi connectivity index (χ0v) is 18.1. The standard InChI is InChI=1S/C25H24N6O2/c1-17(14-26)25(32)30-19-6-5-13-31(15-19)24-22(23(27)28-16-29-24)18-9-11-21(12-10-18)33-20-7-3-2-4-8-20/h2-4,7-12,16,19H,1,5-6,13,15H2,(H,30,32)(H2,27,28,29). The Morgan fingerprint density at radius 3 is 2.61 bits per heavy atom. The summed E-state index contributed by atoms with van der Waals surface area (Å²) in [7, 11) is 0. The minimum atomic E-state index is -0.444. The molecule has 3 aromatic rings. The summed E-state index contributed by atoms with van der Waals surface area (Å²) in [6, 6.07) is 18.8. The third-order valence-electron chi connectivity index (χ3n) is 5.44. The molecule has 1 aliphatic heterocycles. The van der Waals surface area contributed by atoms with Crippen LogP contribution in [0, 0.1) is 11.3 Å². The van der Waals surface area contributed by atoms with Gasteiger partial charge in [0, 0.05) is 19.1 Å². The van der Waals surface area contributed by atoms with E-state index in [1.54, 1.807) is 6.07 Å². The first-order valence-corrected chi connectivity index (χ1v) is 10.6. The molecule has 2 heterocycles. The molecule has 1 aromatic heterocycles. The van der Waals surface area contributed by atoms with E-state index >= 15 is 0 Å². The lowest BCUT2D eigenvalue weighted by Crippen LogP contribution is -2.48. The lowest BCUT2D eigenvalue weighted by Gasteiger charge is -2.35. The Labute approximate surface area is 192 Å². The van der Waals surface area contributed by atoms with Gasteiger partial charge in [-0.25, -0.2) is 9.97 Å². The van der Waals surface area contributed by atoms with Crippen molar-refractivity contribution in [2.45, 2.75) is 18.9 Å². The van der Waals surface area contributed by atoms with Gasteiger partial charge in [-0.15, -0.1) is 0 Å². The molecule has 0 saturated carbocycles. The number of hydrogen-bond donors (Lipinski definition) is 2. The summed E-state index contributed by atoms with van der Waals surface area (Å²) in [4.78, 5) is 22.9. The van der Waals surface area contributed by atoms with Crippen LogP contribution in [-0.2, 0) is 4.79 Å². The van der Waals surface area contributed by atoms with Crippen molar-refractivity contribution in [3.05, 3.63) is 73.1 Å². The van der Waals surface area contributed by atoms with E-state index in [0.29, 0.717) is 23.9 Å². The van der Waals surface area contributed by atoms with Gasteiger partial charge in [0.2, 0.25) is 0 Å². The highest BCUT2D eigenvalue weighted by molar-refractivity contribution is 5.96. The summed E-state index contributed by atoms with van der Waals surface area (Å²) in [6.07, 6.45) is 3.11. The second kappa shape index (κ2) is 9.83. The third-order valence-corrected chi connectivity index (χ3v) is 5.44. The fourth-order valence-corrected chi connectivity index (χ4v) is 3.83. The summed E-state index contributed by atoms with van der Waals surface area (Å²) in [5.74, 6) is 2.10. The van der Waals surface area contributed by atoms with Gasteiger partial charge in [0.05, 0.1) is 5.56 Å². The van der Waals surface area contributed by atoms with E-state index in [2.05, 4.69) is 26.8 Å². The number of nitriles is 1. The number of nitrogen functional groups attached to an aromatic ring is 1. The van der Waals surface area contributed by atoms with Gasteiger partial charge in [0.15, 0.2) is 0 Å². The molecule has 1 amide bonds. The number of nitrogens with zero attached hydrogens (tertiary/aromatic N) is 4. The smallest absolute Gasteiger partial charge is 0.261 e. The molecular weight excluding hydrogens is 416 g/mol. The van der Waals surface area contributed by atoms with E-state index in [1.807, 2.05) is 54.6 Å². The van der Waals surface area contributed by atoms with Gasteiger partial charge in [-0.05, 0) is 42.7 Å². The second-order valence-electron chi connectivity index (χ2n) is 7.75. The van der Waals surface area contributed by atoms with E-state index in [1.165, 1.54) is 6.33 Å². The fraction of sp³-hybridized carbons (Fsp3) is 0.200. The quantitative estimate of drug-likeness (QED) is 0.443. The number of hydrogen-bond acceptors (Lipinski definition) is 7. The van der Waals surface area contributed by atoms with Gasteiger partial charge in [0.25, 0.3) is 5.91 Å². The molecule has 0 bridgehead atoms. The van der Waals surface area contributed by atoms with Gasteiger partial charge < -0.3 is 20.7 Å². The predicted molar refractivity (Wildman–Crippen MR) is 127 cm³/mol. The average Bonchev–Trinajstić information content (AvgIpc) is 2.85. The maximum absolute atomic E-state index is 12.1. The minimum absolute atomic E-state index is 0.100. The Morgan fingerprint density at radius 2 is 1.88 bits per heavy atom. The Balaban J connectivity index is 1.55. The van der Waals surface area contributed by atoms with Crippen LogP contribution in [0.15, 0.2) is 73.1 Å². The molecule has 1 fully saturated rings. The molecule has 0 spiro atoms. The molecule has 33 heavy (non-hydrogen) atoms. The molecule has 0 radical (unpaired) electrons. The molecule has 4 rings (SSSR count). The van der Waals surface area contributed by atoms with Crippen LogP contribution in [0.3, 0.4) is 0 Å². The number of aromatic nitrogens is 2. The summed E-state index contributed by atoms with van der Waals surface area (Å²) in [5, 5.41) is 11.8. The van der Waals surface area contributed by atoms with Crippen molar-refractivity contribution in [3.63, 3.8) is 0 Å². The van der Waals surface area contributed by atoms with Crippen molar-refractivity contribution in [2.24, 2.45) is 0 Å². The van der Waals surface area contributed by atoms with Crippen LogP contribution in [-0.4, -0.2) is 35.0 Å². The largest absolute Gasteiger partial charge is 0.457 e. The number of carbonyl (C=O) groups is 1. The van der Waals surface area contributed by atoms with E-state index in [-0.39, 0.29) is 11.6 Å². The van der Waals surface area contributed by atoms with Crippen LogP contribution in [0.1, 0.15) is 12.8 Å². The molecule has 8 nitrogen and oxygen atoms in total. The van der Waals surface area contributed by atoms with E-state index in [4.69, 9.17) is 15.7 Å². The second-order valence-corrected chi connectivity index (χ2v) is 7.75. The highest BCUT2D eigenvalue weighted by Gasteiger charge is 2.26. The molecule has 2 aromatic carbocycles. The monoisotopic (exact) mass is 440 g/mol. The lowest BCUT2D eigenvalue weighted by molar-refractivity contribution is -0.117. The summed E-state index contributed by atoms with van der Waals surface area (Å²) < 4.78 is 5.88. The van der Waals surface area contributed by atoms with Crippen molar-refractivity contribution in [1.29, 1.82) is 5.26 Å². The molecule has 8 heteroatoms. The zero-order valence-electron chi connectivity index (χ0n) is 18.1. The lowest BCUT2D eigenvalue weighted by atomic mass is 10.0. The van der Waals surface area contributed by atoms with Crippen molar-refractivity contribution in [2.75, 3.05) is 23.7 Å². The van der Waals surface area contributed by atoms with Crippen molar-refractivity contribution >= 4 is 17.5 Å². The molecule has 1 saturated heterocycles. The maximum atomic E-state index is 12.1. The fourth-order valence-electron chi connectivity index (χ4n) is 3.83. The molecule has 166 valence electrons. The van der Waals surface area contributed by atoms with E-state index in [0.717, 1.165) is 36.3 Å². The SMILES string of the molecule is C=C(C#N)C(=O)NC1CCCN(c2ncnc(N)c2-c2ccc(Oc3ccccc3)cc2)C1. The van der Waals surface area contributed by atoms with Crippen molar-refractivity contribution < 1.29 is 9.53 Å². The first-order valence-electron chi connectivity index (χ1n) is 10.6. The molecule has 1 aliphatic rings. The van der Waals surface area contributed by atoms with Crippen LogP contribution >= 0.6 is 0 Å². The average molecular weight is 441 g/mol. The molecule has 1 atom stereocenters. The highest BCUT2D eigenvalue weighted by atomic mass is 16.5. The van der Waals surface area contributed by atoms with Gasteiger partial charge in [0.1, 0.15) is 41.1 Å². The number of para-hydroxylation sites is 1. The Hall–Kier alpha value is -4.38. The van der Waals surface area contributed by atoms with Crippen LogP contribution < -0.4 is 20.7 Å². The Morgan fingerprint density at radius 1 is 1.15 bits per heavy atom. The molecular formula is C25H24N6O2. The minimum Gasteiger partial charge on any atom is -0.457 e. The van der Waals surface area contributed by atoms with Crippen LogP contribution in [0.4, 0.5) is 11.6 Å². The number of amides is 1. The molecule has 0 aliphatic carbocycles. The number of carbonyl (C=O) groups excluding carboxylic acids is 1. The number of nitrogens with one attached hydrogen (secondary N) is 1. The van der Waals surface area contributed by atoms with E-state index < -0.39 is 5.91 Å². The van der Waals surface area contributed by atoms with Crippen LogP contribution in [0.5, 0.6) is 11.5 Å². The number of benzene rings is 2. The zero-order chi connectivity index (χ0) is 23.2. The topological polar surface area (TPSA) is 117 Å². The molecule has 3 N–H and O–H groups in total. The number of anilines is 2. The first-order chi connectivity index (χ1) is 16.0. The summed E-state index contributed by atoms with van der Waals surface area (Å²) >= 11 is 0. The number of piperidine rings is 1. The van der Waals surface area contributed by atoms with Crippen LogP contribution in [0.2, 0.25) is 0 Å². The summed E-state index contributed by atoms with van der Waals surface area (Å²) in [6.45, 7) is 4.79. The van der Waals surface area contributed by atoms with Gasteiger partial charge in [-0.3, -0.25) is 4.79 Å². The number of ether oxygens (including phenoxy) is 1. The number of rotatable bonds is 6. The molecule has 1 unspecified atom stereocenters. The van der Waals surface area contributed by atoms with Gasteiger partial charge in [-0.2, -0.15) is 5.26 Å². The summed E-state index contributed by atoms with van der Waals surface area (Å²) in [5.41, 5.74) is 7.77. The van der Waals surface area contributed by atoms with Crippen molar-refractivity contribution in [1.82, 2.24) is 15.3 Å². The van der Waals surface area contributed by atoms with E-state index in [9.17, 15) is 4.79 Å². The maximum Gasteiger partial charge on any atom is 0.261 e. The Bertz CT molecular complexity index is 1190. The van der Waals surface area contributed by atoms with Gasteiger partial charge in [-0.1, -0.05) is 36.9 Å². The first kappa shape index (κ1) is 21.8.